The fourth-order valence-electron chi connectivity index (χ4n) is 0.774. The summed E-state index contributed by atoms with van der Waals surface area (Å²) < 4.78 is 4.18. The van der Waals surface area contributed by atoms with Crippen molar-refractivity contribution in [2.75, 3.05) is 0 Å². The number of carbonyl (C=O) groups excluding carboxylic acids is 1. The molecule has 6 heteroatoms. The molecule has 0 aromatic rings. The van der Waals surface area contributed by atoms with E-state index in [4.69, 9.17) is 10.2 Å². The zero-order valence-electron chi connectivity index (χ0n) is 5.68. The van der Waals surface area contributed by atoms with Crippen molar-refractivity contribution in [2.24, 2.45) is 0 Å². The van der Waals surface area contributed by atoms with E-state index in [-0.39, 0.29) is 0 Å². The minimum atomic E-state index is -1.67. The maximum Gasteiger partial charge on any atom is 0.350 e. The topological polar surface area (TPSA) is 101 Å². The van der Waals surface area contributed by atoms with E-state index in [0.29, 0.717) is 6.08 Å². The number of cyclic esters (lactones) is 1. The van der Waals surface area contributed by atoms with Crippen LogP contribution >= 0.6 is 0 Å². The molecule has 12 heavy (non-hydrogen) atoms. The number of ether oxygens (including phenoxy) is 1. The first kappa shape index (κ1) is 8.25. The minimum absolute atomic E-state index is 0.549. The van der Waals surface area contributed by atoms with E-state index in [1.807, 2.05) is 0 Å². The Balaban J connectivity index is 2.94. The third-order valence-corrected chi connectivity index (χ3v) is 1.26. The zero-order chi connectivity index (χ0) is 9.30. The van der Waals surface area contributed by atoms with E-state index in [9.17, 15) is 14.4 Å². The van der Waals surface area contributed by atoms with Crippen molar-refractivity contribution < 1.29 is 29.3 Å². The molecule has 2 N–H and O–H groups in total. The first-order chi connectivity index (χ1) is 5.52. The highest BCUT2D eigenvalue weighted by Crippen LogP contribution is 2.15. The lowest BCUT2D eigenvalue weighted by molar-refractivity contribution is -0.156. The van der Waals surface area contributed by atoms with Gasteiger partial charge in [-0.15, -0.1) is 0 Å². The van der Waals surface area contributed by atoms with Crippen LogP contribution in [0, 0.1) is 0 Å². The van der Waals surface area contributed by atoms with Gasteiger partial charge in [0.05, 0.1) is 5.57 Å². The molecule has 0 aliphatic carbocycles. The predicted octanol–water partition coefficient (Wildman–Crippen LogP) is -0.993. The third-order valence-electron chi connectivity index (χ3n) is 1.26. The van der Waals surface area contributed by atoms with Crippen LogP contribution in [0.3, 0.4) is 0 Å². The zero-order valence-corrected chi connectivity index (χ0v) is 5.68. The Kier molecular flexibility index (Phi) is 1.82. The first-order valence-corrected chi connectivity index (χ1v) is 2.90. The van der Waals surface area contributed by atoms with Crippen molar-refractivity contribution in [3.05, 3.63) is 11.6 Å². The monoisotopic (exact) mass is 172 g/mol. The van der Waals surface area contributed by atoms with Crippen LogP contribution in [-0.2, 0) is 19.1 Å². The molecule has 1 aliphatic rings. The van der Waals surface area contributed by atoms with Crippen LogP contribution in [0.4, 0.5) is 0 Å². The number of carbonyl (C=O) groups is 3. The Morgan fingerprint density at radius 1 is 1.42 bits per heavy atom. The van der Waals surface area contributed by atoms with Gasteiger partial charge in [0, 0.05) is 6.08 Å². The minimum Gasteiger partial charge on any atom is -0.478 e. The molecule has 0 spiro atoms. The largest absolute Gasteiger partial charge is 0.478 e. The summed E-state index contributed by atoms with van der Waals surface area (Å²) in [5.41, 5.74) is -0.549. The third kappa shape index (κ3) is 1.26. The summed E-state index contributed by atoms with van der Waals surface area (Å²) in [4.78, 5) is 31.0. The summed E-state index contributed by atoms with van der Waals surface area (Å²) in [5.74, 6) is -3.90. The van der Waals surface area contributed by atoms with Gasteiger partial charge in [-0.05, 0) is 0 Å². The summed E-state index contributed by atoms with van der Waals surface area (Å²) in [5, 5.41) is 16.8. The number of hydrogen-bond donors (Lipinski definition) is 2. The van der Waals surface area contributed by atoms with Gasteiger partial charge in [0.15, 0.2) is 0 Å². The molecule has 1 aliphatic heterocycles. The van der Waals surface area contributed by atoms with Crippen LogP contribution in [0.1, 0.15) is 0 Å². The molecular weight excluding hydrogens is 168 g/mol. The van der Waals surface area contributed by atoms with Gasteiger partial charge in [-0.25, -0.2) is 14.4 Å². The van der Waals surface area contributed by atoms with Gasteiger partial charge < -0.3 is 14.9 Å². The smallest absolute Gasteiger partial charge is 0.350 e. The van der Waals surface area contributed by atoms with E-state index in [1.54, 1.807) is 0 Å². The van der Waals surface area contributed by atoms with Gasteiger partial charge in [-0.3, -0.25) is 0 Å². The van der Waals surface area contributed by atoms with E-state index in [2.05, 4.69) is 4.74 Å². The molecular formula is C6H4O6. The van der Waals surface area contributed by atoms with E-state index in [1.165, 1.54) is 0 Å². The second-order valence-electron chi connectivity index (χ2n) is 2.06. The van der Waals surface area contributed by atoms with Crippen LogP contribution < -0.4 is 0 Å². The summed E-state index contributed by atoms with van der Waals surface area (Å²) in [6.07, 6.45) is -1.02. The average Bonchev–Trinajstić information content (AvgIpc) is 2.31. The molecule has 6 nitrogen and oxygen atoms in total. The summed E-state index contributed by atoms with van der Waals surface area (Å²) in [7, 11) is 0. The lowest BCUT2D eigenvalue weighted by atomic mass is 10.1. The van der Waals surface area contributed by atoms with Gasteiger partial charge in [-0.2, -0.15) is 0 Å². The van der Waals surface area contributed by atoms with Gasteiger partial charge in [-0.1, -0.05) is 0 Å². The standard InChI is InChI=1S/C6H4O6/c7-3-1-2(5(8)9)4(12-3)6(10)11/h1,4H,(H,8,9)(H,10,11). The van der Waals surface area contributed by atoms with Crippen LogP contribution in [0.5, 0.6) is 0 Å². The lowest BCUT2D eigenvalue weighted by Crippen LogP contribution is -2.26. The maximum absolute atomic E-state index is 10.4. The Morgan fingerprint density at radius 3 is 2.33 bits per heavy atom. The van der Waals surface area contributed by atoms with E-state index >= 15 is 0 Å². The molecule has 0 aromatic carbocycles. The Labute approximate surface area is 66.1 Å². The van der Waals surface area contributed by atoms with Crippen molar-refractivity contribution >= 4 is 17.9 Å². The van der Waals surface area contributed by atoms with Gasteiger partial charge in [0.2, 0.25) is 6.10 Å². The van der Waals surface area contributed by atoms with Gasteiger partial charge in [0.1, 0.15) is 0 Å². The summed E-state index contributed by atoms with van der Waals surface area (Å²) in [6, 6.07) is 0. The van der Waals surface area contributed by atoms with Crippen LogP contribution in [0.15, 0.2) is 11.6 Å². The van der Waals surface area contributed by atoms with Crippen molar-refractivity contribution in [1.82, 2.24) is 0 Å². The molecule has 1 heterocycles. The first-order valence-electron chi connectivity index (χ1n) is 2.90. The molecule has 0 radical (unpaired) electrons. The second kappa shape index (κ2) is 2.65. The number of hydrogen-bond acceptors (Lipinski definition) is 4. The van der Waals surface area contributed by atoms with Crippen LogP contribution in [-0.4, -0.2) is 34.2 Å². The Morgan fingerprint density at radius 2 is 2.00 bits per heavy atom. The Hall–Kier alpha value is -1.85. The number of carboxylic acid groups (broad SMARTS) is 2. The summed E-state index contributed by atoms with van der Waals surface area (Å²) in [6.45, 7) is 0. The van der Waals surface area contributed by atoms with Gasteiger partial charge in [0.25, 0.3) is 0 Å². The van der Waals surface area contributed by atoms with Crippen molar-refractivity contribution in [3.8, 4) is 0 Å². The highest BCUT2D eigenvalue weighted by Gasteiger charge is 2.36. The molecule has 0 bridgehead atoms. The fraction of sp³-hybridized carbons (Fsp3) is 0.167. The number of carboxylic acids is 2. The average molecular weight is 172 g/mol. The molecule has 1 atom stereocenters. The van der Waals surface area contributed by atoms with Crippen molar-refractivity contribution in [2.45, 2.75) is 6.10 Å². The number of aliphatic carboxylic acids is 2. The maximum atomic E-state index is 10.4. The van der Waals surface area contributed by atoms with Crippen LogP contribution in [0.2, 0.25) is 0 Å². The fourth-order valence-corrected chi connectivity index (χ4v) is 0.774. The van der Waals surface area contributed by atoms with Gasteiger partial charge >= 0.3 is 17.9 Å². The molecule has 0 amide bonds. The normalized spacial score (nSPS) is 21.5. The van der Waals surface area contributed by atoms with E-state index in [0.717, 1.165) is 0 Å². The molecule has 0 fully saturated rings. The van der Waals surface area contributed by atoms with Crippen LogP contribution in [0.25, 0.3) is 0 Å². The molecule has 0 saturated carbocycles. The molecule has 64 valence electrons. The van der Waals surface area contributed by atoms with Crippen molar-refractivity contribution in [3.63, 3.8) is 0 Å². The summed E-state index contributed by atoms with van der Waals surface area (Å²) >= 11 is 0. The highest BCUT2D eigenvalue weighted by molar-refractivity contribution is 6.05. The SMILES string of the molecule is O=C1C=C(C(=O)O)C(C(=O)O)O1. The molecule has 1 unspecified atom stereocenters. The number of esters is 1. The molecule has 0 aromatic heterocycles. The quantitative estimate of drug-likeness (QED) is 0.518. The van der Waals surface area contributed by atoms with E-state index < -0.39 is 29.6 Å². The highest BCUT2D eigenvalue weighted by atomic mass is 16.6. The second-order valence-corrected chi connectivity index (χ2v) is 2.06. The van der Waals surface area contributed by atoms with Crippen molar-refractivity contribution in [1.29, 1.82) is 0 Å². The molecule has 1 rings (SSSR count). The Bertz CT molecular complexity index is 288. The lowest BCUT2D eigenvalue weighted by Gasteiger charge is -2.04. The number of rotatable bonds is 2. The molecule has 0 saturated heterocycles. The predicted molar refractivity (Wildman–Crippen MR) is 33.2 cm³/mol.